The third-order valence-electron chi connectivity index (χ3n) is 3.79. The van der Waals surface area contributed by atoms with Gasteiger partial charge in [0.25, 0.3) is 0 Å². The van der Waals surface area contributed by atoms with E-state index in [-0.39, 0.29) is 17.9 Å². The Labute approximate surface area is 133 Å². The Morgan fingerprint density at radius 3 is 2.48 bits per heavy atom. The van der Waals surface area contributed by atoms with Crippen LogP contribution < -0.4 is 0 Å². The Balaban J connectivity index is 1.89. The van der Waals surface area contributed by atoms with Crippen LogP contribution in [0.3, 0.4) is 0 Å². The predicted octanol–water partition coefficient (Wildman–Crippen LogP) is 1.24. The highest BCUT2D eigenvalue weighted by Gasteiger charge is 2.40. The Morgan fingerprint density at radius 2 is 1.87 bits per heavy atom. The second kappa shape index (κ2) is 6.31. The van der Waals surface area contributed by atoms with Crippen molar-refractivity contribution < 1.29 is 17.9 Å². The number of alkyl halides is 1. The molecule has 2 heterocycles. The summed E-state index contributed by atoms with van der Waals surface area (Å²) in [6.45, 7) is -0.670. The van der Waals surface area contributed by atoms with Gasteiger partial charge in [0, 0.05) is 12.1 Å². The lowest BCUT2D eigenvalue weighted by Gasteiger charge is -2.21. The van der Waals surface area contributed by atoms with Crippen LogP contribution in [0.15, 0.2) is 47.6 Å². The molecule has 122 valence electrons. The van der Waals surface area contributed by atoms with Crippen LogP contribution in [-0.4, -0.2) is 53.2 Å². The van der Waals surface area contributed by atoms with E-state index in [1.165, 1.54) is 12.4 Å². The van der Waals surface area contributed by atoms with Crippen molar-refractivity contribution in [1.82, 2.24) is 14.3 Å². The molecule has 1 aliphatic heterocycles. The van der Waals surface area contributed by atoms with Gasteiger partial charge in [-0.25, -0.2) is 22.8 Å². The maximum atomic E-state index is 13.5. The van der Waals surface area contributed by atoms with Gasteiger partial charge in [0.1, 0.15) is 11.1 Å². The highest BCUT2D eigenvalue weighted by Crippen LogP contribution is 2.27. The number of nitrogens with zero attached hydrogens (tertiary/aromatic N) is 3. The van der Waals surface area contributed by atoms with Gasteiger partial charge in [-0.05, 0) is 6.42 Å². The second-order valence-electron chi connectivity index (χ2n) is 5.35. The fourth-order valence-electron chi connectivity index (χ4n) is 2.61. The van der Waals surface area contributed by atoms with Crippen molar-refractivity contribution in [2.45, 2.75) is 23.5 Å². The maximum absolute atomic E-state index is 13.5. The van der Waals surface area contributed by atoms with Gasteiger partial charge in [0.2, 0.25) is 10.0 Å². The average molecular weight is 337 g/mol. The van der Waals surface area contributed by atoms with E-state index in [4.69, 9.17) is 0 Å². The molecule has 0 spiro atoms. The topological polar surface area (TPSA) is 83.4 Å². The standard InChI is InChI=1S/C15H16FN3O3S/c16-12-6-13(10-20)19(9-12)23(21,22)14-7-17-15(18-8-14)11-4-2-1-3-5-11/h1-5,7-8,12-13,20H,6,9-10H2/t12-,13-/m0/s1. The van der Waals surface area contributed by atoms with Crippen molar-refractivity contribution in [3.8, 4) is 11.4 Å². The van der Waals surface area contributed by atoms with E-state index in [9.17, 15) is 17.9 Å². The van der Waals surface area contributed by atoms with E-state index in [1.54, 1.807) is 0 Å². The van der Waals surface area contributed by atoms with Crippen molar-refractivity contribution in [1.29, 1.82) is 0 Å². The number of hydrogen-bond donors (Lipinski definition) is 1. The summed E-state index contributed by atoms with van der Waals surface area (Å²) >= 11 is 0. The molecular formula is C15H16FN3O3S. The molecule has 6 nitrogen and oxygen atoms in total. The summed E-state index contributed by atoms with van der Waals surface area (Å²) in [4.78, 5) is 8.06. The van der Waals surface area contributed by atoms with Crippen LogP contribution in [0.25, 0.3) is 11.4 Å². The summed E-state index contributed by atoms with van der Waals surface area (Å²) in [7, 11) is -3.92. The Hall–Kier alpha value is -1.90. The predicted molar refractivity (Wildman–Crippen MR) is 81.7 cm³/mol. The monoisotopic (exact) mass is 337 g/mol. The summed E-state index contributed by atoms with van der Waals surface area (Å²) in [5.41, 5.74) is 0.773. The van der Waals surface area contributed by atoms with E-state index in [2.05, 4.69) is 9.97 Å². The number of aliphatic hydroxyl groups excluding tert-OH is 1. The van der Waals surface area contributed by atoms with Gasteiger partial charge in [-0.2, -0.15) is 4.31 Å². The van der Waals surface area contributed by atoms with E-state index in [0.29, 0.717) is 5.82 Å². The maximum Gasteiger partial charge on any atom is 0.246 e. The Kier molecular flexibility index (Phi) is 4.38. The van der Waals surface area contributed by atoms with Gasteiger partial charge in [0.05, 0.1) is 25.0 Å². The summed E-state index contributed by atoms with van der Waals surface area (Å²) in [5.74, 6) is 0.410. The third-order valence-corrected chi connectivity index (χ3v) is 5.66. The molecule has 0 unspecified atom stereocenters. The van der Waals surface area contributed by atoms with E-state index in [0.717, 1.165) is 9.87 Å². The molecule has 1 aromatic carbocycles. The molecule has 0 amide bonds. The zero-order chi connectivity index (χ0) is 16.4. The minimum absolute atomic E-state index is 0.00130. The van der Waals surface area contributed by atoms with E-state index >= 15 is 0 Å². The van der Waals surface area contributed by atoms with Crippen molar-refractivity contribution >= 4 is 10.0 Å². The second-order valence-corrected chi connectivity index (χ2v) is 7.24. The average Bonchev–Trinajstić information content (AvgIpc) is 2.97. The van der Waals surface area contributed by atoms with Gasteiger partial charge in [-0.3, -0.25) is 0 Å². The molecule has 0 bridgehead atoms. The Bertz CT molecular complexity index is 768. The molecular weight excluding hydrogens is 321 g/mol. The van der Waals surface area contributed by atoms with E-state index in [1.807, 2.05) is 30.3 Å². The fourth-order valence-corrected chi connectivity index (χ4v) is 4.16. The SMILES string of the molecule is O=S(=O)(c1cnc(-c2ccccc2)nc1)N1C[C@@H](F)C[C@H]1CO. The summed E-state index contributed by atoms with van der Waals surface area (Å²) in [6.07, 6.45) is 1.15. The number of halogens is 1. The molecule has 1 aliphatic rings. The van der Waals surface area contributed by atoms with Gasteiger partial charge in [-0.15, -0.1) is 0 Å². The molecule has 2 aromatic rings. The van der Waals surface area contributed by atoms with Gasteiger partial charge in [-0.1, -0.05) is 30.3 Å². The van der Waals surface area contributed by atoms with Crippen LogP contribution >= 0.6 is 0 Å². The summed E-state index contributed by atoms with van der Waals surface area (Å²) in [6, 6.07) is 8.42. The number of aromatic nitrogens is 2. The van der Waals surface area contributed by atoms with Crippen molar-refractivity contribution in [2.24, 2.45) is 0 Å². The number of benzene rings is 1. The molecule has 0 aliphatic carbocycles. The van der Waals surface area contributed by atoms with Crippen LogP contribution in [0, 0.1) is 0 Å². The lowest BCUT2D eigenvalue weighted by atomic mass is 10.2. The molecule has 23 heavy (non-hydrogen) atoms. The normalized spacial score (nSPS) is 22.3. The quantitative estimate of drug-likeness (QED) is 0.907. The lowest BCUT2D eigenvalue weighted by molar-refractivity contribution is 0.213. The third kappa shape index (κ3) is 3.10. The molecule has 1 aromatic heterocycles. The summed E-state index contributed by atoms with van der Waals surface area (Å²) < 4.78 is 39.6. The van der Waals surface area contributed by atoms with Gasteiger partial charge in [0.15, 0.2) is 5.82 Å². The number of aliphatic hydroxyl groups is 1. The molecule has 1 N–H and O–H groups in total. The van der Waals surface area contributed by atoms with Crippen molar-refractivity contribution in [3.05, 3.63) is 42.7 Å². The van der Waals surface area contributed by atoms with Crippen LogP contribution in [-0.2, 0) is 10.0 Å². The molecule has 0 saturated carbocycles. The Morgan fingerprint density at radius 1 is 1.22 bits per heavy atom. The van der Waals surface area contributed by atoms with Gasteiger partial charge >= 0.3 is 0 Å². The van der Waals surface area contributed by atoms with Crippen LogP contribution in [0.2, 0.25) is 0 Å². The summed E-state index contributed by atoms with van der Waals surface area (Å²) in [5, 5.41) is 9.25. The van der Waals surface area contributed by atoms with Gasteiger partial charge < -0.3 is 5.11 Å². The molecule has 3 rings (SSSR count). The first-order valence-electron chi connectivity index (χ1n) is 7.16. The van der Waals surface area contributed by atoms with E-state index < -0.39 is 28.8 Å². The largest absolute Gasteiger partial charge is 0.395 e. The van der Waals surface area contributed by atoms with Crippen molar-refractivity contribution in [2.75, 3.05) is 13.2 Å². The molecule has 2 atom stereocenters. The minimum atomic E-state index is -3.92. The van der Waals surface area contributed by atoms with Crippen LogP contribution in [0.4, 0.5) is 4.39 Å². The number of sulfonamides is 1. The highest BCUT2D eigenvalue weighted by atomic mass is 32.2. The minimum Gasteiger partial charge on any atom is -0.395 e. The first-order chi connectivity index (χ1) is 11.0. The number of hydrogen-bond acceptors (Lipinski definition) is 5. The highest BCUT2D eigenvalue weighted by molar-refractivity contribution is 7.89. The van der Waals surface area contributed by atoms with Crippen LogP contribution in [0.1, 0.15) is 6.42 Å². The first kappa shape index (κ1) is 16.0. The zero-order valence-corrected chi connectivity index (χ0v) is 13.0. The molecule has 0 radical (unpaired) electrons. The van der Waals surface area contributed by atoms with Crippen LogP contribution in [0.5, 0.6) is 0 Å². The fraction of sp³-hybridized carbons (Fsp3) is 0.333. The van der Waals surface area contributed by atoms with Crippen molar-refractivity contribution in [3.63, 3.8) is 0 Å². The lowest BCUT2D eigenvalue weighted by Crippen LogP contribution is -2.37. The molecule has 8 heteroatoms. The first-order valence-corrected chi connectivity index (χ1v) is 8.60. The number of rotatable bonds is 4. The zero-order valence-electron chi connectivity index (χ0n) is 12.2. The smallest absolute Gasteiger partial charge is 0.246 e. The molecule has 1 saturated heterocycles. The molecule has 1 fully saturated rings.